The van der Waals surface area contributed by atoms with E-state index in [0.717, 1.165) is 17.8 Å². The lowest BCUT2D eigenvalue weighted by atomic mass is 10.1. The van der Waals surface area contributed by atoms with Crippen molar-refractivity contribution >= 4 is 11.6 Å². The number of hydrogen-bond donors (Lipinski definition) is 2. The molecule has 1 unspecified atom stereocenters. The van der Waals surface area contributed by atoms with Crippen LogP contribution in [0.5, 0.6) is 0 Å². The van der Waals surface area contributed by atoms with E-state index in [4.69, 9.17) is 9.15 Å². The molecule has 1 amide bonds. The SMILES string of the molecule is O=C(Nc1ccc(-c2cnco2)cc1)C1CNCCO1. The highest BCUT2D eigenvalue weighted by Gasteiger charge is 2.21. The fourth-order valence-corrected chi connectivity index (χ4v) is 2.03. The molecule has 3 rings (SSSR count). The van der Waals surface area contributed by atoms with Crippen LogP contribution in [0.15, 0.2) is 41.3 Å². The molecule has 0 aliphatic carbocycles. The van der Waals surface area contributed by atoms with Gasteiger partial charge in [-0.15, -0.1) is 0 Å². The van der Waals surface area contributed by atoms with E-state index in [-0.39, 0.29) is 5.91 Å². The Hall–Kier alpha value is -2.18. The average molecular weight is 273 g/mol. The Kier molecular flexibility index (Phi) is 3.76. The van der Waals surface area contributed by atoms with E-state index in [1.165, 1.54) is 6.39 Å². The van der Waals surface area contributed by atoms with Gasteiger partial charge in [0.15, 0.2) is 12.2 Å². The van der Waals surface area contributed by atoms with Crippen molar-refractivity contribution in [3.63, 3.8) is 0 Å². The molecule has 20 heavy (non-hydrogen) atoms. The molecule has 2 heterocycles. The minimum atomic E-state index is -0.433. The monoisotopic (exact) mass is 273 g/mol. The predicted octanol–water partition coefficient (Wildman–Crippen LogP) is 1.27. The normalized spacial score (nSPS) is 18.7. The summed E-state index contributed by atoms with van der Waals surface area (Å²) in [6.07, 6.45) is 2.60. The van der Waals surface area contributed by atoms with Gasteiger partial charge in [-0.3, -0.25) is 4.79 Å². The average Bonchev–Trinajstić information content (AvgIpc) is 3.03. The van der Waals surface area contributed by atoms with Crippen LogP contribution in [0.25, 0.3) is 11.3 Å². The lowest BCUT2D eigenvalue weighted by molar-refractivity contribution is -0.128. The zero-order valence-corrected chi connectivity index (χ0v) is 10.8. The molecule has 6 heteroatoms. The highest BCUT2D eigenvalue weighted by molar-refractivity contribution is 5.94. The molecule has 0 spiro atoms. The summed E-state index contributed by atoms with van der Waals surface area (Å²) in [5, 5.41) is 5.96. The van der Waals surface area contributed by atoms with Crippen molar-refractivity contribution < 1.29 is 13.9 Å². The van der Waals surface area contributed by atoms with Crippen molar-refractivity contribution in [2.24, 2.45) is 0 Å². The molecule has 1 aliphatic rings. The van der Waals surface area contributed by atoms with Crippen LogP contribution in [0, 0.1) is 0 Å². The van der Waals surface area contributed by atoms with Gasteiger partial charge in [0.05, 0.1) is 12.8 Å². The molecule has 1 aromatic carbocycles. The van der Waals surface area contributed by atoms with Gasteiger partial charge >= 0.3 is 0 Å². The van der Waals surface area contributed by atoms with Crippen molar-refractivity contribution in [3.8, 4) is 11.3 Å². The molecule has 1 fully saturated rings. The molecule has 2 N–H and O–H groups in total. The molecule has 1 aromatic heterocycles. The van der Waals surface area contributed by atoms with E-state index >= 15 is 0 Å². The van der Waals surface area contributed by atoms with E-state index in [0.29, 0.717) is 18.9 Å². The van der Waals surface area contributed by atoms with Crippen LogP contribution in [0.3, 0.4) is 0 Å². The Bertz CT molecular complexity index is 560. The second kappa shape index (κ2) is 5.85. The van der Waals surface area contributed by atoms with Crippen molar-refractivity contribution in [1.29, 1.82) is 0 Å². The number of amides is 1. The Morgan fingerprint density at radius 1 is 1.35 bits per heavy atom. The number of nitrogens with zero attached hydrogens (tertiary/aromatic N) is 1. The summed E-state index contributed by atoms with van der Waals surface area (Å²) in [6, 6.07) is 7.39. The molecule has 1 aliphatic heterocycles. The number of aromatic nitrogens is 1. The maximum Gasteiger partial charge on any atom is 0.254 e. The number of carbonyl (C=O) groups is 1. The maximum absolute atomic E-state index is 12.0. The lowest BCUT2D eigenvalue weighted by Crippen LogP contribution is -2.45. The summed E-state index contributed by atoms with van der Waals surface area (Å²) in [6.45, 7) is 1.89. The number of hydrogen-bond acceptors (Lipinski definition) is 5. The Balaban J connectivity index is 1.64. The van der Waals surface area contributed by atoms with E-state index < -0.39 is 6.10 Å². The largest absolute Gasteiger partial charge is 0.444 e. The van der Waals surface area contributed by atoms with Crippen LogP contribution in [0.4, 0.5) is 5.69 Å². The summed E-state index contributed by atoms with van der Waals surface area (Å²) in [4.78, 5) is 15.8. The van der Waals surface area contributed by atoms with E-state index in [2.05, 4.69) is 15.6 Å². The standard InChI is InChI=1S/C14H15N3O3/c18-14(13-8-15-5-6-19-13)17-11-3-1-10(2-4-11)12-7-16-9-20-12/h1-4,7,9,13,15H,5-6,8H2,(H,17,18). The van der Waals surface area contributed by atoms with E-state index in [9.17, 15) is 4.79 Å². The Morgan fingerprint density at radius 2 is 2.20 bits per heavy atom. The number of morpholine rings is 1. The zero-order chi connectivity index (χ0) is 13.8. The first kappa shape index (κ1) is 12.8. The van der Waals surface area contributed by atoms with Crippen molar-refractivity contribution in [1.82, 2.24) is 10.3 Å². The number of anilines is 1. The minimum absolute atomic E-state index is 0.135. The minimum Gasteiger partial charge on any atom is -0.444 e. The smallest absolute Gasteiger partial charge is 0.254 e. The highest BCUT2D eigenvalue weighted by atomic mass is 16.5. The van der Waals surface area contributed by atoms with Gasteiger partial charge in [-0.2, -0.15) is 0 Å². The van der Waals surface area contributed by atoms with Gasteiger partial charge in [-0.05, 0) is 24.3 Å². The predicted molar refractivity (Wildman–Crippen MR) is 73.2 cm³/mol. The molecular weight excluding hydrogens is 258 g/mol. The summed E-state index contributed by atoms with van der Waals surface area (Å²) in [5.74, 6) is 0.562. The second-order valence-electron chi connectivity index (χ2n) is 4.50. The van der Waals surface area contributed by atoms with Gasteiger partial charge in [-0.1, -0.05) is 0 Å². The number of ether oxygens (including phenoxy) is 1. The van der Waals surface area contributed by atoms with Crippen LogP contribution in [0.2, 0.25) is 0 Å². The zero-order valence-electron chi connectivity index (χ0n) is 10.8. The second-order valence-corrected chi connectivity index (χ2v) is 4.50. The first-order valence-corrected chi connectivity index (χ1v) is 6.45. The van der Waals surface area contributed by atoms with E-state index in [1.54, 1.807) is 6.20 Å². The van der Waals surface area contributed by atoms with Crippen LogP contribution in [-0.4, -0.2) is 36.7 Å². The van der Waals surface area contributed by atoms with Crippen molar-refractivity contribution in [2.75, 3.05) is 25.0 Å². The van der Waals surface area contributed by atoms with Gasteiger partial charge in [0.2, 0.25) is 0 Å². The fraction of sp³-hybridized carbons (Fsp3) is 0.286. The highest BCUT2D eigenvalue weighted by Crippen LogP contribution is 2.20. The Morgan fingerprint density at radius 3 is 2.85 bits per heavy atom. The number of nitrogens with one attached hydrogen (secondary N) is 2. The molecule has 0 radical (unpaired) electrons. The number of oxazole rings is 1. The molecule has 1 atom stereocenters. The number of benzene rings is 1. The van der Waals surface area contributed by atoms with Gasteiger partial charge in [0.1, 0.15) is 6.10 Å². The molecular formula is C14H15N3O3. The topological polar surface area (TPSA) is 76.4 Å². The molecule has 0 bridgehead atoms. The van der Waals surface area contributed by atoms with Gasteiger partial charge < -0.3 is 19.8 Å². The summed E-state index contributed by atoms with van der Waals surface area (Å²) in [7, 11) is 0. The molecule has 6 nitrogen and oxygen atoms in total. The number of carbonyl (C=O) groups excluding carboxylic acids is 1. The lowest BCUT2D eigenvalue weighted by Gasteiger charge is -2.22. The van der Waals surface area contributed by atoms with E-state index in [1.807, 2.05) is 24.3 Å². The Labute approximate surface area is 116 Å². The van der Waals surface area contributed by atoms with Gasteiger partial charge in [-0.25, -0.2) is 4.98 Å². The summed E-state index contributed by atoms with van der Waals surface area (Å²) >= 11 is 0. The van der Waals surface area contributed by atoms with Crippen LogP contribution in [0.1, 0.15) is 0 Å². The van der Waals surface area contributed by atoms with Crippen LogP contribution in [-0.2, 0) is 9.53 Å². The van der Waals surface area contributed by atoms with Crippen LogP contribution < -0.4 is 10.6 Å². The summed E-state index contributed by atoms with van der Waals surface area (Å²) < 4.78 is 10.6. The third kappa shape index (κ3) is 2.87. The first-order valence-electron chi connectivity index (χ1n) is 6.45. The molecule has 0 saturated carbocycles. The third-order valence-electron chi connectivity index (χ3n) is 3.09. The molecule has 104 valence electrons. The van der Waals surface area contributed by atoms with Gasteiger partial charge in [0.25, 0.3) is 5.91 Å². The fourth-order valence-electron chi connectivity index (χ4n) is 2.03. The number of rotatable bonds is 3. The maximum atomic E-state index is 12.0. The summed E-state index contributed by atoms with van der Waals surface area (Å²) in [5.41, 5.74) is 1.64. The van der Waals surface area contributed by atoms with Crippen molar-refractivity contribution in [3.05, 3.63) is 36.9 Å². The quantitative estimate of drug-likeness (QED) is 0.880. The van der Waals surface area contributed by atoms with Gasteiger partial charge in [0, 0.05) is 24.3 Å². The molecule has 1 saturated heterocycles. The third-order valence-corrected chi connectivity index (χ3v) is 3.09. The molecule has 2 aromatic rings. The first-order chi connectivity index (χ1) is 9.83. The van der Waals surface area contributed by atoms with Crippen molar-refractivity contribution in [2.45, 2.75) is 6.10 Å². The van der Waals surface area contributed by atoms with Crippen LogP contribution >= 0.6 is 0 Å².